The number of rotatable bonds is 8. The van der Waals surface area contributed by atoms with Crippen LogP contribution in [0.5, 0.6) is 0 Å². The van der Waals surface area contributed by atoms with Crippen LogP contribution in [-0.2, 0) is 32.6 Å². The molecule has 0 unspecified atom stereocenters. The maximum absolute atomic E-state index is 13.6. The van der Waals surface area contributed by atoms with Crippen molar-refractivity contribution >= 4 is 33.4 Å². The SMILES string of the molecule is Cc1cc(S(=O)(=O)N2C=CNC(=O)[C@H]2CC(=O)N[C@@H]2CCCc3cc(CNCC(C)(C)C)ccc32)c(C)cc1Cl. The molecule has 10 heteroatoms. The van der Waals surface area contributed by atoms with Gasteiger partial charge in [0, 0.05) is 30.5 Å². The molecule has 2 amide bonds. The first-order valence-corrected chi connectivity index (χ1v) is 15.5. The van der Waals surface area contributed by atoms with Gasteiger partial charge in [0.2, 0.25) is 11.8 Å². The lowest BCUT2D eigenvalue weighted by Gasteiger charge is -2.32. The maximum Gasteiger partial charge on any atom is 0.264 e. The molecule has 0 spiro atoms. The van der Waals surface area contributed by atoms with Gasteiger partial charge in [-0.15, -0.1) is 0 Å². The summed E-state index contributed by atoms with van der Waals surface area (Å²) in [4.78, 5) is 26.1. The van der Waals surface area contributed by atoms with Crippen LogP contribution in [0.15, 0.2) is 47.6 Å². The quantitative estimate of drug-likeness (QED) is 0.418. The molecule has 1 aliphatic heterocycles. The highest BCUT2D eigenvalue weighted by molar-refractivity contribution is 7.89. The number of hydrogen-bond acceptors (Lipinski definition) is 5. The van der Waals surface area contributed by atoms with Crippen molar-refractivity contribution in [2.75, 3.05) is 6.54 Å². The van der Waals surface area contributed by atoms with E-state index >= 15 is 0 Å². The first-order chi connectivity index (χ1) is 18.8. The fourth-order valence-corrected chi connectivity index (χ4v) is 7.19. The number of sulfonamides is 1. The molecule has 3 N–H and O–H groups in total. The number of aryl methyl sites for hydroxylation is 3. The summed E-state index contributed by atoms with van der Waals surface area (Å²) in [5.41, 5.74) is 4.76. The van der Waals surface area contributed by atoms with E-state index in [1.807, 2.05) is 0 Å². The van der Waals surface area contributed by atoms with E-state index in [0.29, 0.717) is 16.1 Å². The third-order valence-corrected chi connectivity index (χ3v) is 9.62. The number of hydrogen-bond donors (Lipinski definition) is 3. The summed E-state index contributed by atoms with van der Waals surface area (Å²) in [7, 11) is -4.12. The molecule has 0 saturated heterocycles. The fourth-order valence-electron chi connectivity index (χ4n) is 5.22. The average Bonchev–Trinajstić information content (AvgIpc) is 2.86. The van der Waals surface area contributed by atoms with Crippen LogP contribution in [0.2, 0.25) is 5.02 Å². The van der Waals surface area contributed by atoms with Crippen molar-refractivity contribution in [1.29, 1.82) is 0 Å². The van der Waals surface area contributed by atoms with E-state index in [9.17, 15) is 18.0 Å². The van der Waals surface area contributed by atoms with Gasteiger partial charge in [0.15, 0.2) is 0 Å². The fraction of sp³-hybridized carbons (Fsp3) is 0.467. The standard InChI is InChI=1S/C30H39ClN4O4S/c1-19-14-27(20(2)13-24(19)31)40(38,39)35-12-11-33-29(37)26(35)16-28(36)34-25-8-6-7-22-15-21(9-10-23(22)25)17-32-18-30(3,4)5/h9-15,25-26,32H,6-8,16-18H2,1-5H3,(H,33,37)(H,34,36)/t25-,26-/m1/s1. The van der Waals surface area contributed by atoms with Crippen molar-refractivity contribution in [2.24, 2.45) is 5.41 Å². The molecule has 0 bridgehead atoms. The highest BCUT2D eigenvalue weighted by Gasteiger charge is 2.38. The van der Waals surface area contributed by atoms with Crippen molar-refractivity contribution in [3.8, 4) is 0 Å². The van der Waals surface area contributed by atoms with Crippen LogP contribution in [0.25, 0.3) is 0 Å². The number of nitrogens with one attached hydrogen (secondary N) is 3. The molecule has 0 aromatic heterocycles. The Balaban J connectivity index is 1.48. The van der Waals surface area contributed by atoms with Gasteiger partial charge in [-0.25, -0.2) is 8.42 Å². The van der Waals surface area contributed by atoms with Crippen LogP contribution >= 0.6 is 11.6 Å². The monoisotopic (exact) mass is 586 g/mol. The largest absolute Gasteiger partial charge is 0.349 e. The summed E-state index contributed by atoms with van der Waals surface area (Å²) < 4.78 is 28.3. The first kappa shape index (κ1) is 30.1. The zero-order valence-electron chi connectivity index (χ0n) is 23.8. The van der Waals surface area contributed by atoms with Gasteiger partial charge in [-0.05, 0) is 78.5 Å². The molecule has 2 atom stereocenters. The van der Waals surface area contributed by atoms with Crippen LogP contribution < -0.4 is 16.0 Å². The Hall–Kier alpha value is -2.88. The minimum Gasteiger partial charge on any atom is -0.349 e. The second-order valence-corrected chi connectivity index (χ2v) is 14.2. The Morgan fingerprint density at radius 2 is 1.90 bits per heavy atom. The average molecular weight is 587 g/mol. The summed E-state index contributed by atoms with van der Waals surface area (Å²) in [5, 5.41) is 9.58. The summed E-state index contributed by atoms with van der Waals surface area (Å²) >= 11 is 6.18. The number of fused-ring (bicyclic) bond motifs is 1. The van der Waals surface area contributed by atoms with E-state index < -0.39 is 22.0 Å². The predicted octanol–water partition coefficient (Wildman–Crippen LogP) is 4.64. The van der Waals surface area contributed by atoms with E-state index in [1.54, 1.807) is 19.9 Å². The Bertz CT molecular complexity index is 1430. The van der Waals surface area contributed by atoms with Crippen molar-refractivity contribution in [1.82, 2.24) is 20.3 Å². The van der Waals surface area contributed by atoms with E-state index in [-0.39, 0.29) is 28.7 Å². The molecule has 40 heavy (non-hydrogen) atoms. The minimum atomic E-state index is -4.12. The van der Waals surface area contributed by atoms with Gasteiger partial charge < -0.3 is 16.0 Å². The van der Waals surface area contributed by atoms with Gasteiger partial charge >= 0.3 is 0 Å². The van der Waals surface area contributed by atoms with Crippen LogP contribution in [0, 0.1) is 19.3 Å². The zero-order valence-corrected chi connectivity index (χ0v) is 25.4. The molecule has 1 heterocycles. The predicted molar refractivity (Wildman–Crippen MR) is 157 cm³/mol. The molecule has 2 aromatic carbocycles. The van der Waals surface area contributed by atoms with Crippen molar-refractivity contribution in [3.05, 3.63) is 75.6 Å². The third kappa shape index (κ3) is 6.87. The highest BCUT2D eigenvalue weighted by Crippen LogP contribution is 2.32. The molecule has 2 aromatic rings. The van der Waals surface area contributed by atoms with Gasteiger partial charge in [0.1, 0.15) is 6.04 Å². The molecular weight excluding hydrogens is 548 g/mol. The molecule has 0 radical (unpaired) electrons. The number of amides is 2. The lowest BCUT2D eigenvalue weighted by Crippen LogP contribution is -2.51. The maximum atomic E-state index is 13.6. The van der Waals surface area contributed by atoms with E-state index in [0.717, 1.165) is 42.2 Å². The number of nitrogens with zero attached hydrogens (tertiary/aromatic N) is 1. The van der Waals surface area contributed by atoms with E-state index in [1.165, 1.54) is 29.6 Å². The Labute approximate surface area is 242 Å². The molecule has 0 fully saturated rings. The molecule has 216 valence electrons. The Morgan fingerprint density at radius 3 is 2.62 bits per heavy atom. The number of benzene rings is 2. The van der Waals surface area contributed by atoms with Crippen molar-refractivity contribution in [3.63, 3.8) is 0 Å². The lowest BCUT2D eigenvalue weighted by molar-refractivity contribution is -0.129. The van der Waals surface area contributed by atoms with E-state index in [4.69, 9.17) is 11.6 Å². The van der Waals surface area contributed by atoms with Crippen LogP contribution in [-0.4, -0.2) is 37.1 Å². The molecular formula is C30H39ClN4O4S. The highest BCUT2D eigenvalue weighted by atomic mass is 35.5. The molecule has 4 rings (SSSR count). The Kier molecular flexibility index (Phi) is 8.97. The second-order valence-electron chi connectivity index (χ2n) is 12.0. The Morgan fingerprint density at radius 1 is 1.15 bits per heavy atom. The van der Waals surface area contributed by atoms with Crippen molar-refractivity contribution in [2.45, 2.75) is 83.8 Å². The smallest absolute Gasteiger partial charge is 0.264 e. The summed E-state index contributed by atoms with van der Waals surface area (Å²) in [6.07, 6.45) is 4.92. The lowest BCUT2D eigenvalue weighted by atomic mass is 9.86. The minimum absolute atomic E-state index is 0.0492. The normalized spacial score (nSPS) is 19.2. The van der Waals surface area contributed by atoms with Gasteiger partial charge in [-0.3, -0.25) is 13.9 Å². The molecule has 2 aliphatic rings. The number of carbonyl (C=O) groups excluding carboxylic acids is 2. The van der Waals surface area contributed by atoms with Gasteiger partial charge in [0.05, 0.1) is 17.4 Å². The van der Waals surface area contributed by atoms with Crippen molar-refractivity contribution < 1.29 is 18.0 Å². The third-order valence-electron chi connectivity index (χ3n) is 7.29. The second kappa shape index (κ2) is 11.9. The zero-order chi connectivity index (χ0) is 29.2. The van der Waals surface area contributed by atoms with Crippen LogP contribution in [0.1, 0.15) is 73.9 Å². The first-order valence-electron chi connectivity index (χ1n) is 13.7. The summed E-state index contributed by atoms with van der Waals surface area (Å²) in [5.74, 6) is -0.936. The summed E-state index contributed by atoms with van der Waals surface area (Å²) in [6, 6.07) is 8.04. The number of halogens is 1. The van der Waals surface area contributed by atoms with Gasteiger partial charge in [-0.2, -0.15) is 0 Å². The molecule has 1 aliphatic carbocycles. The van der Waals surface area contributed by atoms with E-state index in [2.05, 4.69) is 54.9 Å². The van der Waals surface area contributed by atoms with Gasteiger partial charge in [0.25, 0.3) is 10.0 Å². The topological polar surface area (TPSA) is 108 Å². The van der Waals surface area contributed by atoms with Crippen LogP contribution in [0.4, 0.5) is 0 Å². The molecule has 8 nitrogen and oxygen atoms in total. The number of carbonyl (C=O) groups is 2. The van der Waals surface area contributed by atoms with Gasteiger partial charge in [-0.1, -0.05) is 50.6 Å². The summed E-state index contributed by atoms with van der Waals surface area (Å²) in [6.45, 7) is 11.7. The van der Waals surface area contributed by atoms with Crippen LogP contribution in [0.3, 0.4) is 0 Å². The molecule has 0 saturated carbocycles.